The maximum absolute atomic E-state index is 13.3. The number of carbonyl (C=O) groups is 1. The van der Waals surface area contributed by atoms with Crippen LogP contribution in [-0.2, 0) is 0 Å². The number of thioether (sulfide) groups is 1. The fraction of sp³-hybridized carbons (Fsp3) is 0.444. The molecule has 0 radical (unpaired) electrons. The Morgan fingerprint density at radius 2 is 2.15 bits per heavy atom. The fourth-order valence-electron chi connectivity index (χ4n) is 3.46. The Morgan fingerprint density at radius 3 is 2.85 bits per heavy atom. The molecule has 4 heterocycles. The van der Waals surface area contributed by atoms with Crippen molar-refractivity contribution in [1.82, 2.24) is 9.97 Å². The maximum atomic E-state index is 13.3. The summed E-state index contributed by atoms with van der Waals surface area (Å²) >= 11 is 2.69. The molecule has 0 aromatic carbocycles. The van der Waals surface area contributed by atoms with Crippen LogP contribution >= 0.6 is 23.1 Å². The zero-order valence-corrected chi connectivity index (χ0v) is 16.1. The van der Waals surface area contributed by atoms with Crippen LogP contribution in [0, 0.1) is 0 Å². The lowest BCUT2D eigenvalue weighted by Gasteiger charge is -2.15. The molecule has 9 heteroatoms. The van der Waals surface area contributed by atoms with Crippen LogP contribution in [0.1, 0.15) is 76.0 Å². The number of anilines is 1. The van der Waals surface area contributed by atoms with Crippen LogP contribution in [-0.4, -0.2) is 28.1 Å². The van der Waals surface area contributed by atoms with E-state index in [1.165, 1.54) is 29.2 Å². The van der Waals surface area contributed by atoms with E-state index in [1.807, 2.05) is 0 Å². The summed E-state index contributed by atoms with van der Waals surface area (Å²) in [5, 5.41) is 4.22. The van der Waals surface area contributed by atoms with E-state index in [1.54, 1.807) is 0 Å². The third-order valence-corrected chi connectivity index (χ3v) is 7.07. The van der Waals surface area contributed by atoms with Crippen molar-refractivity contribution < 1.29 is 13.6 Å². The number of halogens is 2. The number of nitrogens with one attached hydrogen (secondary N) is 1. The maximum Gasteiger partial charge on any atom is 0.289 e. The highest BCUT2D eigenvalue weighted by atomic mass is 32.2. The van der Waals surface area contributed by atoms with Crippen molar-refractivity contribution in [1.29, 1.82) is 0 Å². The van der Waals surface area contributed by atoms with Gasteiger partial charge >= 0.3 is 0 Å². The minimum Gasteiger partial charge on any atom is -0.362 e. The summed E-state index contributed by atoms with van der Waals surface area (Å²) in [6.45, 7) is 2.83. The number of pyridine rings is 1. The van der Waals surface area contributed by atoms with E-state index in [0.29, 0.717) is 26.4 Å². The first kappa shape index (κ1) is 17.2. The molecule has 27 heavy (non-hydrogen) atoms. The standard InChI is InChI=1S/C18H16F2N4OS2/c1-2-5-21-18-24-12-13-11(23-16(25)14(12)27-18)10-8(7-3-4-7)6-9(15(19)20)22-17(10)26-13/h6-7,13,15H,2-5H2,1H3,(H,21,24). The van der Waals surface area contributed by atoms with Gasteiger partial charge in [-0.05, 0) is 36.8 Å². The van der Waals surface area contributed by atoms with Crippen LogP contribution in [0.4, 0.5) is 13.9 Å². The molecule has 5 nitrogen and oxygen atoms in total. The van der Waals surface area contributed by atoms with Crippen LogP contribution in [0.5, 0.6) is 0 Å². The molecule has 2 aliphatic heterocycles. The number of rotatable bonds is 5. The van der Waals surface area contributed by atoms with Crippen molar-refractivity contribution in [2.45, 2.75) is 48.8 Å². The number of carbonyl (C=O) groups excluding carboxylic acids is 1. The lowest BCUT2D eigenvalue weighted by atomic mass is 9.96. The largest absolute Gasteiger partial charge is 0.362 e. The minimum absolute atomic E-state index is 0.197. The molecule has 1 amide bonds. The third-order valence-electron chi connectivity index (χ3n) is 4.86. The van der Waals surface area contributed by atoms with Gasteiger partial charge in [-0.15, -0.1) is 0 Å². The lowest BCUT2D eigenvalue weighted by molar-refractivity contribution is 0.100. The van der Waals surface area contributed by atoms with E-state index >= 15 is 0 Å². The van der Waals surface area contributed by atoms with Crippen molar-refractivity contribution in [3.8, 4) is 0 Å². The smallest absolute Gasteiger partial charge is 0.289 e. The Bertz CT molecular complexity index is 984. The molecule has 0 saturated heterocycles. The van der Waals surface area contributed by atoms with Gasteiger partial charge in [0.25, 0.3) is 12.3 Å². The number of hydrogen-bond acceptors (Lipinski definition) is 6. The van der Waals surface area contributed by atoms with Crippen LogP contribution in [0.15, 0.2) is 16.1 Å². The van der Waals surface area contributed by atoms with E-state index in [4.69, 9.17) is 0 Å². The van der Waals surface area contributed by atoms with E-state index in [-0.39, 0.29) is 22.8 Å². The van der Waals surface area contributed by atoms with Gasteiger partial charge in [0.05, 0.1) is 16.7 Å². The average molecular weight is 406 g/mol. The van der Waals surface area contributed by atoms with Gasteiger partial charge in [-0.25, -0.2) is 23.7 Å². The first-order valence-electron chi connectivity index (χ1n) is 8.94. The van der Waals surface area contributed by atoms with E-state index in [0.717, 1.165) is 36.9 Å². The van der Waals surface area contributed by atoms with E-state index in [9.17, 15) is 13.6 Å². The average Bonchev–Trinajstić information content (AvgIpc) is 3.29. The Kier molecular flexibility index (Phi) is 4.05. The van der Waals surface area contributed by atoms with Crippen molar-refractivity contribution in [3.05, 3.63) is 33.5 Å². The highest BCUT2D eigenvalue weighted by Crippen LogP contribution is 2.54. The number of thiazole rings is 1. The molecule has 0 bridgehead atoms. The Morgan fingerprint density at radius 1 is 1.33 bits per heavy atom. The van der Waals surface area contributed by atoms with Gasteiger partial charge in [-0.1, -0.05) is 30.0 Å². The van der Waals surface area contributed by atoms with Gasteiger partial charge in [0.2, 0.25) is 0 Å². The van der Waals surface area contributed by atoms with Gasteiger partial charge in [-0.3, -0.25) is 4.79 Å². The van der Waals surface area contributed by atoms with Gasteiger partial charge < -0.3 is 5.32 Å². The summed E-state index contributed by atoms with van der Waals surface area (Å²) in [6, 6.07) is 1.50. The highest BCUT2D eigenvalue weighted by Gasteiger charge is 2.44. The SMILES string of the molecule is CCCNc1nc2c(s1)C(=O)N=C1c3c(C4CC4)cc(C(F)F)nc3SC12. The van der Waals surface area contributed by atoms with Crippen molar-refractivity contribution in [2.24, 2.45) is 4.99 Å². The molecule has 1 atom stereocenters. The molecule has 1 N–H and O–H groups in total. The van der Waals surface area contributed by atoms with E-state index in [2.05, 4.69) is 27.2 Å². The molecule has 5 rings (SSSR count). The van der Waals surface area contributed by atoms with Crippen molar-refractivity contribution in [3.63, 3.8) is 0 Å². The third kappa shape index (κ3) is 2.79. The van der Waals surface area contributed by atoms with Crippen LogP contribution in [0.3, 0.4) is 0 Å². The Balaban J connectivity index is 1.60. The topological polar surface area (TPSA) is 67.2 Å². The second kappa shape index (κ2) is 6.34. The Labute approximate surface area is 162 Å². The second-order valence-corrected chi connectivity index (χ2v) is 8.94. The summed E-state index contributed by atoms with van der Waals surface area (Å²) in [6.07, 6.45) is 0.291. The zero-order valence-electron chi connectivity index (χ0n) is 14.5. The van der Waals surface area contributed by atoms with Gasteiger partial charge in [0.15, 0.2) is 5.13 Å². The minimum atomic E-state index is -2.61. The van der Waals surface area contributed by atoms with Gasteiger partial charge in [0, 0.05) is 12.1 Å². The number of aliphatic imine (C=N–C) groups is 1. The van der Waals surface area contributed by atoms with Crippen molar-refractivity contribution >= 4 is 39.8 Å². The van der Waals surface area contributed by atoms with Gasteiger partial charge in [-0.2, -0.15) is 0 Å². The molecular formula is C18H16F2N4OS2. The first-order chi connectivity index (χ1) is 13.1. The molecule has 140 valence electrons. The van der Waals surface area contributed by atoms with Gasteiger partial charge in [0.1, 0.15) is 15.6 Å². The molecule has 2 aromatic heterocycles. The molecule has 1 saturated carbocycles. The molecular weight excluding hydrogens is 390 g/mol. The molecule has 3 aliphatic rings. The number of amides is 1. The van der Waals surface area contributed by atoms with Crippen LogP contribution in [0.2, 0.25) is 0 Å². The predicted molar refractivity (Wildman–Crippen MR) is 102 cm³/mol. The molecule has 0 spiro atoms. The summed E-state index contributed by atoms with van der Waals surface area (Å²) < 4.78 is 26.6. The van der Waals surface area contributed by atoms with Crippen LogP contribution in [0.25, 0.3) is 0 Å². The molecule has 1 unspecified atom stereocenters. The quantitative estimate of drug-likeness (QED) is 0.760. The molecule has 1 fully saturated rings. The molecule has 1 aliphatic carbocycles. The molecule has 2 aromatic rings. The summed E-state index contributed by atoms with van der Waals surface area (Å²) in [7, 11) is 0. The fourth-order valence-corrected chi connectivity index (χ4v) is 5.73. The number of nitrogens with zero attached hydrogens (tertiary/aromatic N) is 3. The predicted octanol–water partition coefficient (Wildman–Crippen LogP) is 4.96. The van der Waals surface area contributed by atoms with Crippen molar-refractivity contribution in [2.75, 3.05) is 11.9 Å². The monoisotopic (exact) mass is 406 g/mol. The summed E-state index contributed by atoms with van der Waals surface area (Å²) in [4.78, 5) is 26.3. The Hall–Kier alpha value is -1.87. The van der Waals surface area contributed by atoms with Crippen LogP contribution < -0.4 is 5.32 Å². The zero-order chi connectivity index (χ0) is 18.7. The first-order valence-corrected chi connectivity index (χ1v) is 10.6. The normalized spacial score (nSPS) is 20.4. The highest BCUT2D eigenvalue weighted by molar-refractivity contribution is 8.00. The number of alkyl halides is 2. The summed E-state index contributed by atoms with van der Waals surface area (Å²) in [5.41, 5.74) is 2.76. The number of fused-ring (bicyclic) bond motifs is 5. The second-order valence-electron chi connectivity index (χ2n) is 6.85. The lowest BCUT2D eigenvalue weighted by Crippen LogP contribution is -2.18. The summed E-state index contributed by atoms with van der Waals surface area (Å²) in [5.74, 6) is -0.0403. The van der Waals surface area contributed by atoms with E-state index < -0.39 is 6.43 Å². The number of hydrogen-bond donors (Lipinski definition) is 1. The number of aromatic nitrogens is 2.